The standard InChI is InChI=1S/C8H5FI2O3/c9-4-1-3(7(12)8(13)14)2-5(10)6(4)11/h1-2,7,12H,(H,13,14). The molecule has 0 fully saturated rings. The lowest BCUT2D eigenvalue weighted by Gasteiger charge is -2.07. The topological polar surface area (TPSA) is 57.5 Å². The van der Waals surface area contributed by atoms with Crippen molar-refractivity contribution in [2.45, 2.75) is 6.10 Å². The van der Waals surface area contributed by atoms with E-state index in [4.69, 9.17) is 10.2 Å². The maximum Gasteiger partial charge on any atom is 0.337 e. The van der Waals surface area contributed by atoms with E-state index in [1.165, 1.54) is 6.07 Å². The Hall–Kier alpha value is 0.0400. The van der Waals surface area contributed by atoms with Crippen LogP contribution in [0, 0.1) is 13.0 Å². The van der Waals surface area contributed by atoms with Crippen molar-refractivity contribution in [2.75, 3.05) is 0 Å². The second-order valence-electron chi connectivity index (χ2n) is 2.54. The number of rotatable bonds is 2. The molecule has 0 aliphatic carbocycles. The minimum atomic E-state index is -1.67. The van der Waals surface area contributed by atoms with Gasteiger partial charge in [0, 0.05) is 3.57 Å². The average Bonchev–Trinajstić information content (AvgIpc) is 2.12. The minimum absolute atomic E-state index is 0.0554. The van der Waals surface area contributed by atoms with Gasteiger partial charge in [0.15, 0.2) is 6.10 Å². The third-order valence-corrected chi connectivity index (χ3v) is 4.54. The highest BCUT2D eigenvalue weighted by atomic mass is 127. The Morgan fingerprint density at radius 2 is 2.00 bits per heavy atom. The Morgan fingerprint density at radius 1 is 1.43 bits per heavy atom. The van der Waals surface area contributed by atoms with Gasteiger partial charge >= 0.3 is 5.97 Å². The first-order valence-electron chi connectivity index (χ1n) is 3.48. The molecule has 0 saturated carbocycles. The molecule has 1 rings (SSSR count). The zero-order valence-corrected chi connectivity index (χ0v) is 11.0. The van der Waals surface area contributed by atoms with E-state index in [0.29, 0.717) is 7.14 Å². The summed E-state index contributed by atoms with van der Waals surface area (Å²) in [5.41, 5.74) is 0.0554. The molecule has 0 amide bonds. The maximum atomic E-state index is 13.1. The van der Waals surface area contributed by atoms with Crippen LogP contribution in [0.3, 0.4) is 0 Å². The fourth-order valence-corrected chi connectivity index (χ4v) is 1.80. The zero-order valence-electron chi connectivity index (χ0n) is 6.67. The second-order valence-corrected chi connectivity index (χ2v) is 4.78. The summed E-state index contributed by atoms with van der Waals surface area (Å²) in [6.45, 7) is 0. The van der Waals surface area contributed by atoms with Crippen molar-refractivity contribution in [3.05, 3.63) is 30.7 Å². The zero-order chi connectivity index (χ0) is 10.9. The number of halogens is 3. The predicted molar refractivity (Wildman–Crippen MR) is 64.4 cm³/mol. The van der Waals surface area contributed by atoms with Crippen LogP contribution < -0.4 is 0 Å². The molecule has 3 nitrogen and oxygen atoms in total. The molecule has 1 aromatic carbocycles. The van der Waals surface area contributed by atoms with Gasteiger partial charge in [-0.05, 0) is 62.9 Å². The molecule has 0 bridgehead atoms. The first-order chi connectivity index (χ1) is 6.43. The van der Waals surface area contributed by atoms with Gasteiger partial charge in [-0.1, -0.05) is 0 Å². The van der Waals surface area contributed by atoms with E-state index in [-0.39, 0.29) is 5.56 Å². The van der Waals surface area contributed by atoms with Crippen molar-refractivity contribution in [1.29, 1.82) is 0 Å². The molecule has 1 atom stereocenters. The third-order valence-electron chi connectivity index (χ3n) is 1.56. The molecular formula is C8H5FI2O3. The number of carbonyl (C=O) groups is 1. The van der Waals surface area contributed by atoms with Gasteiger partial charge < -0.3 is 10.2 Å². The summed E-state index contributed by atoms with van der Waals surface area (Å²) in [7, 11) is 0. The third kappa shape index (κ3) is 2.54. The van der Waals surface area contributed by atoms with Crippen LogP contribution in [0.15, 0.2) is 12.1 Å². The molecule has 1 aromatic rings. The largest absolute Gasteiger partial charge is 0.479 e. The summed E-state index contributed by atoms with van der Waals surface area (Å²) < 4.78 is 14.2. The molecular weight excluding hydrogens is 417 g/mol. The summed E-state index contributed by atoms with van der Waals surface area (Å²) >= 11 is 3.70. The van der Waals surface area contributed by atoms with Gasteiger partial charge in [-0.2, -0.15) is 0 Å². The summed E-state index contributed by atoms with van der Waals surface area (Å²) in [5.74, 6) is -1.91. The summed E-state index contributed by atoms with van der Waals surface area (Å²) in [6, 6.07) is 2.48. The van der Waals surface area contributed by atoms with E-state index >= 15 is 0 Å². The van der Waals surface area contributed by atoms with Crippen LogP contribution in [-0.2, 0) is 4.79 Å². The van der Waals surface area contributed by atoms with Crippen molar-refractivity contribution in [3.63, 3.8) is 0 Å². The quantitative estimate of drug-likeness (QED) is 0.568. The molecule has 0 radical (unpaired) electrons. The number of hydrogen-bond acceptors (Lipinski definition) is 2. The van der Waals surface area contributed by atoms with Crippen LogP contribution in [0.4, 0.5) is 4.39 Å². The SMILES string of the molecule is O=C(O)C(O)c1cc(F)c(I)c(I)c1. The van der Waals surface area contributed by atoms with Crippen molar-refractivity contribution in [1.82, 2.24) is 0 Å². The summed E-state index contributed by atoms with van der Waals surface area (Å²) in [6.07, 6.45) is -1.67. The van der Waals surface area contributed by atoms with Crippen molar-refractivity contribution < 1.29 is 19.4 Å². The van der Waals surface area contributed by atoms with Gasteiger partial charge in [-0.25, -0.2) is 9.18 Å². The molecule has 14 heavy (non-hydrogen) atoms. The number of hydrogen-bond donors (Lipinski definition) is 2. The molecule has 0 heterocycles. The monoisotopic (exact) mass is 422 g/mol. The normalized spacial score (nSPS) is 12.6. The fraction of sp³-hybridized carbons (Fsp3) is 0.125. The van der Waals surface area contributed by atoms with E-state index < -0.39 is 17.9 Å². The molecule has 0 aliphatic rings. The van der Waals surface area contributed by atoms with Gasteiger partial charge in [-0.15, -0.1) is 0 Å². The van der Waals surface area contributed by atoms with Gasteiger partial charge in [-0.3, -0.25) is 0 Å². The number of aliphatic carboxylic acids is 1. The Labute approximate surface area is 107 Å². The number of benzene rings is 1. The van der Waals surface area contributed by atoms with E-state index in [9.17, 15) is 9.18 Å². The van der Waals surface area contributed by atoms with Crippen molar-refractivity contribution in [2.24, 2.45) is 0 Å². The molecule has 0 spiro atoms. The van der Waals surface area contributed by atoms with Gasteiger partial charge in [0.25, 0.3) is 0 Å². The lowest BCUT2D eigenvalue weighted by atomic mass is 10.1. The highest BCUT2D eigenvalue weighted by Gasteiger charge is 2.18. The summed E-state index contributed by atoms with van der Waals surface area (Å²) in [5, 5.41) is 17.7. The average molecular weight is 422 g/mol. The first kappa shape index (κ1) is 12.1. The molecule has 2 N–H and O–H groups in total. The van der Waals surface area contributed by atoms with Gasteiger partial charge in [0.1, 0.15) is 5.82 Å². The molecule has 6 heteroatoms. The maximum absolute atomic E-state index is 13.1. The fourth-order valence-electron chi connectivity index (χ4n) is 0.876. The number of carboxylic acid groups (broad SMARTS) is 1. The molecule has 1 unspecified atom stereocenters. The lowest BCUT2D eigenvalue weighted by Crippen LogP contribution is -2.11. The predicted octanol–water partition coefficient (Wildman–Crippen LogP) is 2.15. The Kier molecular flexibility index (Phi) is 4.07. The number of aliphatic hydroxyl groups is 1. The van der Waals surface area contributed by atoms with Crippen LogP contribution >= 0.6 is 45.2 Å². The molecule has 0 aliphatic heterocycles. The molecule has 0 saturated heterocycles. The van der Waals surface area contributed by atoms with E-state index in [1.807, 2.05) is 45.2 Å². The summed E-state index contributed by atoms with van der Waals surface area (Å²) in [4.78, 5) is 10.4. The first-order valence-corrected chi connectivity index (χ1v) is 5.64. The van der Waals surface area contributed by atoms with Gasteiger partial charge in [0.2, 0.25) is 0 Å². The van der Waals surface area contributed by atoms with Gasteiger partial charge in [0.05, 0.1) is 3.57 Å². The highest BCUT2D eigenvalue weighted by Crippen LogP contribution is 2.23. The van der Waals surface area contributed by atoms with Crippen molar-refractivity contribution >= 4 is 51.2 Å². The Balaban J connectivity index is 3.19. The second kappa shape index (κ2) is 4.71. The molecule has 0 aromatic heterocycles. The van der Waals surface area contributed by atoms with Crippen LogP contribution in [0.2, 0.25) is 0 Å². The van der Waals surface area contributed by atoms with Crippen LogP contribution in [0.25, 0.3) is 0 Å². The van der Waals surface area contributed by atoms with Crippen LogP contribution in [0.5, 0.6) is 0 Å². The van der Waals surface area contributed by atoms with Crippen LogP contribution in [0.1, 0.15) is 11.7 Å². The molecule has 76 valence electrons. The van der Waals surface area contributed by atoms with E-state index in [2.05, 4.69) is 0 Å². The lowest BCUT2D eigenvalue weighted by molar-refractivity contribution is -0.146. The Morgan fingerprint density at radius 3 is 2.43 bits per heavy atom. The van der Waals surface area contributed by atoms with E-state index in [1.54, 1.807) is 0 Å². The number of carboxylic acids is 1. The van der Waals surface area contributed by atoms with E-state index in [0.717, 1.165) is 6.07 Å². The van der Waals surface area contributed by atoms with Crippen LogP contribution in [-0.4, -0.2) is 16.2 Å². The van der Waals surface area contributed by atoms with Crippen molar-refractivity contribution in [3.8, 4) is 0 Å². The number of aliphatic hydroxyl groups excluding tert-OH is 1. The smallest absolute Gasteiger partial charge is 0.337 e. The highest BCUT2D eigenvalue weighted by molar-refractivity contribution is 14.1. The Bertz CT molecular complexity index is 358. The minimum Gasteiger partial charge on any atom is -0.479 e.